The summed E-state index contributed by atoms with van der Waals surface area (Å²) in [5.41, 5.74) is 1.53. The summed E-state index contributed by atoms with van der Waals surface area (Å²) in [5, 5.41) is 3.51. The molecule has 0 aromatic heterocycles. The van der Waals surface area contributed by atoms with Crippen molar-refractivity contribution in [3.05, 3.63) is 23.8 Å². The molecule has 22 heavy (non-hydrogen) atoms. The van der Waals surface area contributed by atoms with E-state index in [2.05, 4.69) is 63.5 Å². The first kappa shape index (κ1) is 20.4. The molecule has 0 N–H and O–H groups in total. The molecule has 1 aromatic carbocycles. The molecule has 0 unspecified atom stereocenters. The zero-order valence-corrected chi connectivity index (χ0v) is 21.1. The molecule has 0 aliphatic carbocycles. The normalized spacial score (nSPS) is 12.5. The van der Waals surface area contributed by atoms with E-state index in [4.69, 9.17) is 0 Å². The minimum absolute atomic E-state index is 1.16. The van der Waals surface area contributed by atoms with Gasteiger partial charge in [0.1, 0.15) is 0 Å². The van der Waals surface area contributed by atoms with Gasteiger partial charge in [-0.2, -0.15) is 0 Å². The van der Waals surface area contributed by atoms with Crippen LogP contribution in [0.4, 0.5) is 0 Å². The van der Waals surface area contributed by atoms with Crippen LogP contribution in [0, 0.1) is 0 Å². The van der Waals surface area contributed by atoms with Crippen LogP contribution in [0.25, 0.3) is 0 Å². The van der Waals surface area contributed by atoms with E-state index in [9.17, 15) is 0 Å². The van der Waals surface area contributed by atoms with Gasteiger partial charge in [-0.15, -0.1) is 0 Å². The van der Waals surface area contributed by atoms with Crippen molar-refractivity contribution in [3.8, 4) is 0 Å². The standard InChI is InChI=1S/C19H34Si2.Hf/c1-8-20(9-2,10-3)18-14-17(7)15-19(16-18)21(11-4,12-5)13-6;/h7,14-16H,8-13H2,1-6H3;/q;+2. The molecule has 0 radical (unpaired) electrons. The molecular weight excluding hydrogens is 463 g/mol. The second-order valence-corrected chi connectivity index (χ2v) is 18.2. The Morgan fingerprint density at radius 1 is 0.682 bits per heavy atom. The van der Waals surface area contributed by atoms with E-state index in [0.29, 0.717) is 0 Å². The van der Waals surface area contributed by atoms with E-state index in [1.807, 2.05) is 0 Å². The van der Waals surface area contributed by atoms with Crippen LogP contribution in [0.1, 0.15) is 47.1 Å². The summed E-state index contributed by atoms with van der Waals surface area (Å²) in [6, 6.07) is 16.1. The molecular formula is C19H34HfSi2+2. The first-order chi connectivity index (χ1) is 10.5. The average Bonchev–Trinajstić information content (AvgIpc) is 2.59. The fourth-order valence-electron chi connectivity index (χ4n) is 4.07. The van der Waals surface area contributed by atoms with Gasteiger partial charge in [-0.05, 0) is 0 Å². The van der Waals surface area contributed by atoms with Crippen molar-refractivity contribution in [1.29, 1.82) is 0 Å². The third kappa shape index (κ3) is 3.89. The fourth-order valence-corrected chi connectivity index (χ4v) is 12.1. The van der Waals surface area contributed by atoms with Crippen LogP contribution < -0.4 is 10.4 Å². The molecule has 0 amide bonds. The van der Waals surface area contributed by atoms with Gasteiger partial charge >= 0.3 is 156 Å². The maximum absolute atomic E-state index is 2.68. The predicted octanol–water partition coefficient (Wildman–Crippen LogP) is 4.81. The Morgan fingerprint density at radius 2 is 1.00 bits per heavy atom. The van der Waals surface area contributed by atoms with Crippen LogP contribution in [-0.4, -0.2) is 19.9 Å². The van der Waals surface area contributed by atoms with E-state index in [1.165, 1.54) is 41.8 Å². The fraction of sp³-hybridized carbons (Fsp3) is 0.632. The molecule has 120 valence electrons. The molecule has 1 rings (SSSR count). The number of rotatable bonds is 9. The van der Waals surface area contributed by atoms with E-state index in [1.54, 1.807) is 10.4 Å². The zero-order chi connectivity index (χ0) is 16.8. The van der Waals surface area contributed by atoms with Crippen molar-refractivity contribution in [2.24, 2.45) is 0 Å². The molecule has 3 heteroatoms. The number of hydrogen-bond acceptors (Lipinski definition) is 0. The van der Waals surface area contributed by atoms with E-state index in [0.717, 1.165) is 23.9 Å². The van der Waals surface area contributed by atoms with E-state index >= 15 is 0 Å². The van der Waals surface area contributed by atoms with Crippen LogP contribution in [0.2, 0.25) is 36.3 Å². The van der Waals surface area contributed by atoms with Gasteiger partial charge < -0.3 is 0 Å². The SMILES string of the molecule is CC[Si](CC)(CC)c1cc([CH]=[Hf+2])cc([Si](CC)(CC)CC)c1. The van der Waals surface area contributed by atoms with Gasteiger partial charge in [0, 0.05) is 0 Å². The molecule has 0 heterocycles. The summed E-state index contributed by atoms with van der Waals surface area (Å²) >= 11 is 1.16. The van der Waals surface area contributed by atoms with Crippen molar-refractivity contribution in [2.45, 2.75) is 77.8 Å². The van der Waals surface area contributed by atoms with Crippen LogP contribution in [0.3, 0.4) is 0 Å². The van der Waals surface area contributed by atoms with Crippen LogP contribution in [0.15, 0.2) is 18.2 Å². The van der Waals surface area contributed by atoms with Crippen LogP contribution in [0.5, 0.6) is 0 Å². The summed E-state index contributed by atoms with van der Waals surface area (Å²) in [4.78, 5) is 0. The summed E-state index contributed by atoms with van der Waals surface area (Å²) in [7, 11) is -2.54. The van der Waals surface area contributed by atoms with Gasteiger partial charge in [0.15, 0.2) is 0 Å². The zero-order valence-electron chi connectivity index (χ0n) is 15.6. The van der Waals surface area contributed by atoms with Crippen LogP contribution in [-0.2, 0) is 23.9 Å². The third-order valence-corrected chi connectivity index (χ3v) is 18.8. The van der Waals surface area contributed by atoms with Crippen molar-refractivity contribution < 1.29 is 23.9 Å². The van der Waals surface area contributed by atoms with Gasteiger partial charge in [0.2, 0.25) is 0 Å². The molecule has 0 nitrogen and oxygen atoms in total. The second kappa shape index (κ2) is 9.03. The first-order valence-corrected chi connectivity index (χ1v) is 16.5. The molecule has 0 aliphatic heterocycles. The third-order valence-electron chi connectivity index (χ3n) is 6.41. The molecule has 0 bridgehead atoms. The minimum atomic E-state index is -1.27. The Kier molecular flexibility index (Phi) is 8.39. The number of benzene rings is 1. The van der Waals surface area contributed by atoms with Gasteiger partial charge in [-0.25, -0.2) is 0 Å². The van der Waals surface area contributed by atoms with Crippen molar-refractivity contribution >= 4 is 30.3 Å². The quantitative estimate of drug-likeness (QED) is 0.430. The average molecular weight is 497 g/mol. The molecule has 0 saturated heterocycles. The molecule has 0 saturated carbocycles. The summed E-state index contributed by atoms with van der Waals surface area (Å²) in [6.07, 6.45) is 0. The molecule has 0 atom stereocenters. The number of hydrogen-bond donors (Lipinski definition) is 0. The Labute approximate surface area is 155 Å². The molecule has 1 aromatic rings. The van der Waals surface area contributed by atoms with Gasteiger partial charge in [-0.1, -0.05) is 0 Å². The molecule has 0 fully saturated rings. The van der Waals surface area contributed by atoms with E-state index in [-0.39, 0.29) is 0 Å². The topological polar surface area (TPSA) is 0 Å². The summed E-state index contributed by atoms with van der Waals surface area (Å²) < 4.78 is 2.45. The van der Waals surface area contributed by atoms with Crippen molar-refractivity contribution in [3.63, 3.8) is 0 Å². The molecule has 0 aliphatic rings. The predicted molar refractivity (Wildman–Crippen MR) is 105 cm³/mol. The van der Waals surface area contributed by atoms with Crippen LogP contribution >= 0.6 is 0 Å². The first-order valence-electron chi connectivity index (χ1n) is 9.17. The Morgan fingerprint density at radius 3 is 1.23 bits per heavy atom. The monoisotopic (exact) mass is 498 g/mol. The van der Waals surface area contributed by atoms with Gasteiger partial charge in [0.25, 0.3) is 0 Å². The van der Waals surface area contributed by atoms with Crippen molar-refractivity contribution in [1.82, 2.24) is 0 Å². The maximum atomic E-state index is 2.68. The Hall–Kier alpha value is 0.394. The second-order valence-electron chi connectivity index (χ2n) is 6.67. The van der Waals surface area contributed by atoms with Crippen molar-refractivity contribution in [2.75, 3.05) is 0 Å². The van der Waals surface area contributed by atoms with Gasteiger partial charge in [-0.3, -0.25) is 0 Å². The van der Waals surface area contributed by atoms with E-state index < -0.39 is 16.1 Å². The van der Waals surface area contributed by atoms with Gasteiger partial charge in [0.05, 0.1) is 0 Å². The molecule has 0 spiro atoms. The summed E-state index contributed by atoms with van der Waals surface area (Å²) in [6.45, 7) is 14.6. The Balaban J connectivity index is 3.57. The Bertz CT molecular complexity index is 433. The summed E-state index contributed by atoms with van der Waals surface area (Å²) in [5.74, 6) is 0.